The summed E-state index contributed by atoms with van der Waals surface area (Å²) < 4.78 is 21.8. The van der Waals surface area contributed by atoms with Crippen LogP contribution < -0.4 is 5.73 Å². The van der Waals surface area contributed by atoms with Crippen LogP contribution in [0.15, 0.2) is 12.2 Å². The highest BCUT2D eigenvalue weighted by molar-refractivity contribution is 5.69. The lowest BCUT2D eigenvalue weighted by atomic mass is 10.1. The molecule has 0 rings (SSSR count). The van der Waals surface area contributed by atoms with Crippen molar-refractivity contribution in [2.45, 2.75) is 58.1 Å². The van der Waals surface area contributed by atoms with Crippen molar-refractivity contribution in [2.24, 2.45) is 5.73 Å². The summed E-state index contributed by atoms with van der Waals surface area (Å²) in [6.07, 6.45) is 2.00. The number of carbonyl (C=O) groups excluding carboxylic acids is 2. The summed E-state index contributed by atoms with van der Waals surface area (Å²) in [7, 11) is 0. The highest BCUT2D eigenvalue weighted by Crippen LogP contribution is 2.10. The first kappa shape index (κ1) is 24.7. The van der Waals surface area contributed by atoms with Gasteiger partial charge >= 0.3 is 5.97 Å². The van der Waals surface area contributed by atoms with E-state index in [1.165, 1.54) is 0 Å². The van der Waals surface area contributed by atoms with E-state index >= 15 is 0 Å². The average Bonchev–Trinajstić information content (AvgIpc) is 2.51. The molecular weight excluding hydrogens is 338 g/mol. The molecule has 0 saturated heterocycles. The maximum Gasteiger partial charge on any atom is 0.308 e. The predicted molar refractivity (Wildman–Crippen MR) is 99.9 cm³/mol. The maximum atomic E-state index is 11.7. The molecule has 1 unspecified atom stereocenters. The first-order valence-electron chi connectivity index (χ1n) is 8.90. The van der Waals surface area contributed by atoms with E-state index in [9.17, 15) is 9.59 Å². The SMILES string of the molecule is C=C(C)CCOCC(N)(COCCC=O)COCCC(=O)OC(C)(C)C. The minimum atomic E-state index is -0.855. The monoisotopic (exact) mass is 373 g/mol. The minimum absolute atomic E-state index is 0.149. The van der Waals surface area contributed by atoms with Gasteiger partial charge in [-0.3, -0.25) is 4.79 Å². The van der Waals surface area contributed by atoms with Crippen LogP contribution in [0.2, 0.25) is 0 Å². The third kappa shape index (κ3) is 15.0. The standard InChI is InChI=1S/C19H35NO6/c1-16(2)7-11-24-14-19(20,13-23-10-6-9-21)15-25-12-8-17(22)26-18(3,4)5/h9H,1,6-8,10-15,20H2,2-5H3. The number of esters is 1. The summed E-state index contributed by atoms with van der Waals surface area (Å²) >= 11 is 0. The molecule has 0 aromatic rings. The van der Waals surface area contributed by atoms with E-state index in [1.54, 1.807) is 0 Å². The van der Waals surface area contributed by atoms with Gasteiger partial charge in [0, 0.05) is 6.42 Å². The van der Waals surface area contributed by atoms with Crippen LogP contribution in [-0.2, 0) is 28.5 Å². The minimum Gasteiger partial charge on any atom is -0.460 e. The van der Waals surface area contributed by atoms with Crippen molar-refractivity contribution in [1.82, 2.24) is 0 Å². The topological polar surface area (TPSA) is 97.1 Å². The molecule has 152 valence electrons. The van der Waals surface area contributed by atoms with E-state index in [0.29, 0.717) is 19.6 Å². The highest BCUT2D eigenvalue weighted by atomic mass is 16.6. The van der Waals surface area contributed by atoms with Crippen molar-refractivity contribution in [3.63, 3.8) is 0 Å². The van der Waals surface area contributed by atoms with Gasteiger partial charge in [-0.2, -0.15) is 0 Å². The predicted octanol–water partition coefficient (Wildman–Crippen LogP) is 2.02. The van der Waals surface area contributed by atoms with Gasteiger partial charge < -0.3 is 29.5 Å². The van der Waals surface area contributed by atoms with Gasteiger partial charge in [-0.15, -0.1) is 6.58 Å². The molecule has 0 aromatic carbocycles. The van der Waals surface area contributed by atoms with Crippen molar-refractivity contribution in [1.29, 1.82) is 0 Å². The molecule has 1 atom stereocenters. The van der Waals surface area contributed by atoms with Crippen LogP contribution >= 0.6 is 0 Å². The van der Waals surface area contributed by atoms with Crippen molar-refractivity contribution in [2.75, 3.05) is 39.6 Å². The molecule has 0 spiro atoms. The maximum absolute atomic E-state index is 11.7. The second-order valence-electron chi connectivity index (χ2n) is 7.52. The first-order chi connectivity index (χ1) is 12.1. The van der Waals surface area contributed by atoms with Crippen LogP contribution in [0.3, 0.4) is 0 Å². The Balaban J connectivity index is 4.29. The van der Waals surface area contributed by atoms with Gasteiger partial charge in [-0.05, 0) is 34.1 Å². The Hall–Kier alpha value is -1.28. The van der Waals surface area contributed by atoms with Gasteiger partial charge in [0.05, 0.1) is 51.6 Å². The van der Waals surface area contributed by atoms with Crippen LogP contribution in [-0.4, -0.2) is 63.0 Å². The molecule has 0 bridgehead atoms. The molecule has 0 aromatic heterocycles. The fraction of sp³-hybridized carbons (Fsp3) is 0.789. The highest BCUT2D eigenvalue weighted by Gasteiger charge is 2.27. The van der Waals surface area contributed by atoms with E-state index < -0.39 is 11.1 Å². The number of carbonyl (C=O) groups is 2. The molecule has 7 heteroatoms. The largest absolute Gasteiger partial charge is 0.460 e. The Labute approximate surface area is 157 Å². The number of rotatable bonds is 15. The van der Waals surface area contributed by atoms with Crippen molar-refractivity contribution >= 4 is 12.3 Å². The van der Waals surface area contributed by atoms with Gasteiger partial charge in [0.2, 0.25) is 0 Å². The van der Waals surface area contributed by atoms with E-state index in [0.717, 1.165) is 18.3 Å². The Morgan fingerprint density at radius 1 is 1.00 bits per heavy atom. The fourth-order valence-corrected chi connectivity index (χ4v) is 1.88. The summed E-state index contributed by atoms with van der Waals surface area (Å²) in [6, 6.07) is 0. The lowest BCUT2D eigenvalue weighted by Crippen LogP contribution is -2.53. The summed E-state index contributed by atoms with van der Waals surface area (Å²) in [6.45, 7) is 12.8. The van der Waals surface area contributed by atoms with Crippen molar-refractivity contribution in [3.8, 4) is 0 Å². The zero-order valence-electron chi connectivity index (χ0n) is 16.7. The van der Waals surface area contributed by atoms with Gasteiger partial charge in [0.25, 0.3) is 0 Å². The van der Waals surface area contributed by atoms with Crippen LogP contribution in [0.25, 0.3) is 0 Å². The van der Waals surface area contributed by atoms with Crippen LogP contribution in [0.4, 0.5) is 0 Å². The van der Waals surface area contributed by atoms with E-state index in [1.807, 2.05) is 27.7 Å². The fourth-order valence-electron chi connectivity index (χ4n) is 1.88. The molecular formula is C19H35NO6. The first-order valence-corrected chi connectivity index (χ1v) is 8.90. The third-order valence-corrected chi connectivity index (χ3v) is 3.09. The molecule has 0 radical (unpaired) electrons. The zero-order valence-corrected chi connectivity index (χ0v) is 16.7. The van der Waals surface area contributed by atoms with Gasteiger partial charge in [-0.25, -0.2) is 0 Å². The normalized spacial score (nSPS) is 13.9. The molecule has 0 fully saturated rings. The third-order valence-electron chi connectivity index (χ3n) is 3.09. The molecule has 0 heterocycles. The number of hydrogen-bond donors (Lipinski definition) is 1. The smallest absolute Gasteiger partial charge is 0.308 e. The molecule has 7 nitrogen and oxygen atoms in total. The van der Waals surface area contributed by atoms with Crippen molar-refractivity contribution < 1.29 is 28.5 Å². The lowest BCUT2D eigenvalue weighted by molar-refractivity contribution is -0.156. The second kappa shape index (κ2) is 13.0. The Bertz CT molecular complexity index is 432. The van der Waals surface area contributed by atoms with E-state index in [-0.39, 0.29) is 38.8 Å². The Morgan fingerprint density at radius 2 is 1.50 bits per heavy atom. The van der Waals surface area contributed by atoms with Crippen LogP contribution in [0, 0.1) is 0 Å². The van der Waals surface area contributed by atoms with E-state index in [4.69, 9.17) is 24.7 Å². The van der Waals surface area contributed by atoms with Gasteiger partial charge in [0.1, 0.15) is 11.9 Å². The van der Waals surface area contributed by atoms with Crippen molar-refractivity contribution in [3.05, 3.63) is 12.2 Å². The summed E-state index contributed by atoms with van der Waals surface area (Å²) in [5.74, 6) is -0.319. The summed E-state index contributed by atoms with van der Waals surface area (Å²) in [5.41, 5.74) is 5.97. The molecule has 0 aliphatic carbocycles. The van der Waals surface area contributed by atoms with Gasteiger partial charge in [-0.1, -0.05) is 5.57 Å². The molecule has 0 amide bonds. The van der Waals surface area contributed by atoms with Gasteiger partial charge in [0.15, 0.2) is 0 Å². The van der Waals surface area contributed by atoms with Crippen LogP contribution in [0.1, 0.15) is 47.0 Å². The molecule has 0 aliphatic rings. The number of aldehydes is 1. The Kier molecular flexibility index (Phi) is 12.3. The van der Waals surface area contributed by atoms with E-state index in [2.05, 4.69) is 6.58 Å². The number of nitrogens with two attached hydrogens (primary N) is 1. The molecule has 26 heavy (non-hydrogen) atoms. The zero-order chi connectivity index (χ0) is 20.1. The number of hydrogen-bond acceptors (Lipinski definition) is 7. The molecule has 2 N–H and O–H groups in total. The number of ether oxygens (including phenoxy) is 4. The summed E-state index contributed by atoms with van der Waals surface area (Å²) in [4.78, 5) is 22.0. The summed E-state index contributed by atoms with van der Waals surface area (Å²) in [5, 5.41) is 0. The average molecular weight is 373 g/mol. The Morgan fingerprint density at radius 3 is 1.96 bits per heavy atom. The second-order valence-corrected chi connectivity index (χ2v) is 7.52. The lowest BCUT2D eigenvalue weighted by Gasteiger charge is -2.29. The van der Waals surface area contributed by atoms with Crippen LogP contribution in [0.5, 0.6) is 0 Å². The quantitative estimate of drug-likeness (QED) is 0.203. The molecule has 0 aliphatic heterocycles. The molecule has 0 saturated carbocycles.